The molecule has 3 aromatic carbocycles. The lowest BCUT2D eigenvalue weighted by Crippen LogP contribution is -2.47. The Morgan fingerprint density at radius 1 is 0.919 bits per heavy atom. The largest absolute Gasteiger partial charge is 0.462 e. The van der Waals surface area contributed by atoms with Crippen LogP contribution in [-0.2, 0) is 14.9 Å². The van der Waals surface area contributed by atoms with Crippen molar-refractivity contribution >= 4 is 23.3 Å². The van der Waals surface area contributed by atoms with Crippen molar-refractivity contribution in [2.75, 3.05) is 37.6 Å². The smallest absolute Gasteiger partial charge is 0.316 e. The molecular weight excluding hydrogens is 480 g/mol. The normalized spacial score (nSPS) is 16.0. The van der Waals surface area contributed by atoms with Crippen molar-refractivity contribution in [3.8, 4) is 11.1 Å². The van der Waals surface area contributed by atoms with Crippen LogP contribution in [0.5, 0.6) is 0 Å². The van der Waals surface area contributed by atoms with Gasteiger partial charge in [-0.15, -0.1) is 0 Å². The highest BCUT2D eigenvalue weighted by molar-refractivity contribution is 6.30. The van der Waals surface area contributed by atoms with Crippen LogP contribution in [0.15, 0.2) is 78.9 Å². The van der Waals surface area contributed by atoms with E-state index in [2.05, 4.69) is 59.2 Å². The molecule has 0 amide bonds. The molecule has 1 saturated heterocycles. The highest BCUT2D eigenvalue weighted by Crippen LogP contribution is 2.35. The molecule has 1 unspecified atom stereocenters. The molecule has 37 heavy (non-hydrogen) atoms. The number of nitrogens with zero attached hydrogens (tertiary/aromatic N) is 2. The fourth-order valence-electron chi connectivity index (χ4n) is 5.36. The number of rotatable bonds is 10. The first-order chi connectivity index (χ1) is 17.9. The van der Waals surface area contributed by atoms with E-state index in [0.717, 1.165) is 68.1 Å². The van der Waals surface area contributed by atoms with Crippen molar-refractivity contribution in [2.45, 2.75) is 51.6 Å². The van der Waals surface area contributed by atoms with Gasteiger partial charge in [-0.05, 0) is 80.6 Å². The molecule has 0 aliphatic carbocycles. The predicted molar refractivity (Wildman–Crippen MR) is 154 cm³/mol. The van der Waals surface area contributed by atoms with E-state index in [1.54, 1.807) is 0 Å². The summed E-state index contributed by atoms with van der Waals surface area (Å²) in [5, 5.41) is 0.758. The van der Waals surface area contributed by atoms with Crippen molar-refractivity contribution in [1.82, 2.24) is 4.90 Å². The third kappa shape index (κ3) is 6.74. The Kier molecular flexibility index (Phi) is 9.28. The standard InChI is InChI=1S/C32H39ClN2O2/c1-4-32(31(36)37-25(2)3,28-13-6-5-7-14-28)17-10-18-34-19-21-35(22-20-34)30-16-9-12-27(24-30)26-11-8-15-29(33)23-26/h5-9,11-16,23-25H,4,10,17-22H2,1-3H3. The Labute approximate surface area is 227 Å². The van der Waals surface area contributed by atoms with Crippen LogP contribution in [-0.4, -0.2) is 49.7 Å². The summed E-state index contributed by atoms with van der Waals surface area (Å²) in [7, 11) is 0. The third-order valence-electron chi connectivity index (χ3n) is 7.48. The molecule has 0 saturated carbocycles. The molecule has 0 radical (unpaired) electrons. The van der Waals surface area contributed by atoms with E-state index in [1.165, 1.54) is 11.3 Å². The second kappa shape index (κ2) is 12.6. The molecule has 0 spiro atoms. The van der Waals surface area contributed by atoms with Crippen LogP contribution in [0.4, 0.5) is 5.69 Å². The predicted octanol–water partition coefficient (Wildman–Crippen LogP) is 7.21. The minimum atomic E-state index is -0.589. The number of hydrogen-bond donors (Lipinski definition) is 0. The zero-order valence-electron chi connectivity index (χ0n) is 22.3. The molecule has 1 aliphatic heterocycles. The van der Waals surface area contributed by atoms with Gasteiger partial charge in [0.15, 0.2) is 0 Å². The molecule has 0 N–H and O–H groups in total. The zero-order chi connectivity index (χ0) is 26.3. The molecule has 1 aliphatic rings. The first-order valence-electron chi connectivity index (χ1n) is 13.5. The van der Waals surface area contributed by atoms with Crippen LogP contribution >= 0.6 is 11.6 Å². The number of hydrogen-bond acceptors (Lipinski definition) is 4. The number of ether oxygens (including phenoxy) is 1. The Bertz CT molecular complexity index is 1160. The second-order valence-corrected chi connectivity index (χ2v) is 10.7. The number of carbonyl (C=O) groups is 1. The summed E-state index contributed by atoms with van der Waals surface area (Å²) in [6.07, 6.45) is 2.37. The average molecular weight is 519 g/mol. The molecule has 4 nitrogen and oxygen atoms in total. The third-order valence-corrected chi connectivity index (χ3v) is 7.72. The molecular formula is C32H39ClN2O2. The second-order valence-electron chi connectivity index (χ2n) is 10.2. The van der Waals surface area contributed by atoms with E-state index in [0.29, 0.717) is 0 Å². The molecule has 0 bridgehead atoms. The monoisotopic (exact) mass is 518 g/mol. The molecule has 196 valence electrons. The number of halogens is 1. The molecule has 3 aromatic rings. The maximum Gasteiger partial charge on any atom is 0.316 e. The van der Waals surface area contributed by atoms with E-state index < -0.39 is 5.41 Å². The minimum absolute atomic E-state index is 0.0967. The van der Waals surface area contributed by atoms with Gasteiger partial charge in [0, 0.05) is 36.9 Å². The van der Waals surface area contributed by atoms with Crippen molar-refractivity contribution < 1.29 is 9.53 Å². The van der Waals surface area contributed by atoms with E-state index in [9.17, 15) is 4.79 Å². The Balaban J connectivity index is 1.35. The fraction of sp³-hybridized carbons (Fsp3) is 0.406. The fourth-order valence-corrected chi connectivity index (χ4v) is 5.55. The molecule has 1 atom stereocenters. The number of piperazine rings is 1. The van der Waals surface area contributed by atoms with Gasteiger partial charge in [-0.3, -0.25) is 9.69 Å². The van der Waals surface area contributed by atoms with Crippen molar-refractivity contribution in [2.24, 2.45) is 0 Å². The highest BCUT2D eigenvalue weighted by atomic mass is 35.5. The number of benzene rings is 3. The zero-order valence-corrected chi connectivity index (χ0v) is 23.1. The van der Waals surface area contributed by atoms with Crippen LogP contribution in [0.1, 0.15) is 45.6 Å². The summed E-state index contributed by atoms with van der Waals surface area (Å²) < 4.78 is 5.75. The van der Waals surface area contributed by atoms with Crippen LogP contribution < -0.4 is 4.90 Å². The Morgan fingerprint density at radius 2 is 1.59 bits per heavy atom. The number of carbonyl (C=O) groups excluding carboxylic acids is 1. The van der Waals surface area contributed by atoms with E-state index in [1.807, 2.05) is 50.2 Å². The topological polar surface area (TPSA) is 32.8 Å². The van der Waals surface area contributed by atoms with Crippen molar-refractivity contribution in [3.63, 3.8) is 0 Å². The summed E-state index contributed by atoms with van der Waals surface area (Å²) in [4.78, 5) is 18.3. The SMILES string of the molecule is CCC(CCCN1CCN(c2cccc(-c3cccc(Cl)c3)c2)CC1)(C(=O)OC(C)C)c1ccccc1. The van der Waals surface area contributed by atoms with E-state index in [4.69, 9.17) is 16.3 Å². The summed E-state index contributed by atoms with van der Waals surface area (Å²) >= 11 is 6.21. The minimum Gasteiger partial charge on any atom is -0.462 e. The first-order valence-corrected chi connectivity index (χ1v) is 13.9. The van der Waals surface area contributed by atoms with Gasteiger partial charge >= 0.3 is 5.97 Å². The van der Waals surface area contributed by atoms with Gasteiger partial charge in [0.1, 0.15) is 0 Å². The van der Waals surface area contributed by atoms with Gasteiger partial charge in [0.05, 0.1) is 11.5 Å². The summed E-state index contributed by atoms with van der Waals surface area (Å²) in [5.41, 5.74) is 4.05. The molecule has 1 fully saturated rings. The Morgan fingerprint density at radius 3 is 2.24 bits per heavy atom. The molecule has 4 rings (SSSR count). The van der Waals surface area contributed by atoms with Gasteiger partial charge < -0.3 is 9.64 Å². The Hall–Kier alpha value is -2.82. The van der Waals surface area contributed by atoms with Crippen LogP contribution in [0.2, 0.25) is 5.02 Å². The van der Waals surface area contributed by atoms with Crippen LogP contribution in [0, 0.1) is 0 Å². The summed E-state index contributed by atoms with van der Waals surface area (Å²) in [5.74, 6) is -0.0967. The summed E-state index contributed by atoms with van der Waals surface area (Å²) in [6, 6.07) is 26.9. The average Bonchev–Trinajstić information content (AvgIpc) is 2.92. The van der Waals surface area contributed by atoms with Crippen molar-refractivity contribution in [3.05, 3.63) is 89.4 Å². The van der Waals surface area contributed by atoms with Gasteiger partial charge in [-0.2, -0.15) is 0 Å². The molecule has 1 heterocycles. The van der Waals surface area contributed by atoms with E-state index >= 15 is 0 Å². The first kappa shape index (κ1) is 27.2. The van der Waals surface area contributed by atoms with Crippen LogP contribution in [0.25, 0.3) is 11.1 Å². The lowest BCUT2D eigenvalue weighted by atomic mass is 9.74. The van der Waals surface area contributed by atoms with Gasteiger partial charge in [0.2, 0.25) is 0 Å². The maximum absolute atomic E-state index is 13.3. The van der Waals surface area contributed by atoms with Crippen molar-refractivity contribution in [1.29, 1.82) is 0 Å². The quantitative estimate of drug-likeness (QED) is 0.265. The van der Waals surface area contributed by atoms with Gasteiger partial charge in [-0.1, -0.05) is 73.1 Å². The lowest BCUT2D eigenvalue weighted by molar-refractivity contribution is -0.155. The number of esters is 1. The lowest BCUT2D eigenvalue weighted by Gasteiger charge is -2.37. The van der Waals surface area contributed by atoms with Gasteiger partial charge in [0.25, 0.3) is 0 Å². The summed E-state index contributed by atoms with van der Waals surface area (Å²) in [6.45, 7) is 11.0. The molecule has 5 heteroatoms. The van der Waals surface area contributed by atoms with E-state index in [-0.39, 0.29) is 12.1 Å². The van der Waals surface area contributed by atoms with Gasteiger partial charge in [-0.25, -0.2) is 0 Å². The maximum atomic E-state index is 13.3. The highest BCUT2D eigenvalue weighted by Gasteiger charge is 2.40. The van der Waals surface area contributed by atoms with Crippen LogP contribution in [0.3, 0.4) is 0 Å². The molecule has 0 aromatic heterocycles. The number of anilines is 1.